The summed E-state index contributed by atoms with van der Waals surface area (Å²) in [6, 6.07) is 0.640. The number of nitrogens with zero attached hydrogens (tertiary/aromatic N) is 1. The molecule has 1 fully saturated rings. The number of rotatable bonds is 8. The van der Waals surface area contributed by atoms with Crippen LogP contribution in [0.4, 0.5) is 0 Å². The lowest BCUT2D eigenvalue weighted by atomic mass is 10.1. The number of hydrazine groups is 1. The van der Waals surface area contributed by atoms with Gasteiger partial charge in [0.1, 0.15) is 0 Å². The molecule has 1 aliphatic rings. The number of hydrogen-bond donors (Lipinski definition) is 2. The highest BCUT2D eigenvalue weighted by molar-refractivity contribution is 4.96. The Kier molecular flexibility index (Phi) is 5.03. The van der Waals surface area contributed by atoms with Crippen molar-refractivity contribution in [1.82, 2.24) is 15.8 Å². The van der Waals surface area contributed by atoms with E-state index >= 15 is 0 Å². The SMILES string of the molecule is CCCCCC(C)N(CC)N[C@]1(C)CN1. The lowest BCUT2D eigenvalue weighted by Gasteiger charge is -2.31. The summed E-state index contributed by atoms with van der Waals surface area (Å²) in [7, 11) is 0. The fraction of sp³-hybridized carbons (Fsp3) is 1.00. The maximum atomic E-state index is 3.57. The normalized spacial score (nSPS) is 27.0. The molecule has 0 aromatic heterocycles. The maximum Gasteiger partial charge on any atom is 0.0918 e. The standard InChI is InChI=1S/C12H27N3/c1-5-7-8-9-11(3)15(6-2)14-12(4)10-13-12/h11,13-14H,5-10H2,1-4H3/t11?,12-/m1/s1. The Morgan fingerprint density at radius 3 is 2.53 bits per heavy atom. The van der Waals surface area contributed by atoms with Crippen LogP contribution in [-0.2, 0) is 0 Å². The average Bonchev–Trinajstić information content (AvgIpc) is 2.93. The molecule has 1 rings (SSSR count). The first kappa shape index (κ1) is 12.9. The smallest absolute Gasteiger partial charge is 0.0918 e. The predicted molar refractivity (Wildman–Crippen MR) is 65.5 cm³/mol. The summed E-state index contributed by atoms with van der Waals surface area (Å²) in [5, 5.41) is 5.72. The van der Waals surface area contributed by atoms with Gasteiger partial charge in [0.05, 0.1) is 5.66 Å². The highest BCUT2D eigenvalue weighted by atomic mass is 15.6. The summed E-state index contributed by atoms with van der Waals surface area (Å²) in [6.45, 7) is 11.2. The Labute approximate surface area is 94.6 Å². The van der Waals surface area contributed by atoms with Crippen molar-refractivity contribution in [1.29, 1.82) is 0 Å². The van der Waals surface area contributed by atoms with Gasteiger partial charge in [-0.15, -0.1) is 0 Å². The molecule has 3 heteroatoms. The molecule has 0 saturated carbocycles. The molecule has 1 heterocycles. The Bertz CT molecular complexity index is 178. The van der Waals surface area contributed by atoms with E-state index in [2.05, 4.69) is 43.4 Å². The molecule has 1 saturated heterocycles. The second kappa shape index (κ2) is 5.83. The fourth-order valence-corrected chi connectivity index (χ4v) is 1.88. The van der Waals surface area contributed by atoms with Gasteiger partial charge < -0.3 is 0 Å². The topological polar surface area (TPSA) is 37.2 Å². The Hall–Kier alpha value is -0.120. The Morgan fingerprint density at radius 2 is 2.07 bits per heavy atom. The summed E-state index contributed by atoms with van der Waals surface area (Å²) in [5.74, 6) is 0. The van der Waals surface area contributed by atoms with Crippen LogP contribution in [0.3, 0.4) is 0 Å². The first-order valence-corrected chi connectivity index (χ1v) is 6.40. The molecule has 0 bridgehead atoms. The van der Waals surface area contributed by atoms with Gasteiger partial charge in [0.25, 0.3) is 0 Å². The average molecular weight is 213 g/mol. The van der Waals surface area contributed by atoms with Crippen molar-refractivity contribution in [3.8, 4) is 0 Å². The molecule has 2 atom stereocenters. The van der Waals surface area contributed by atoms with E-state index in [0.717, 1.165) is 13.1 Å². The van der Waals surface area contributed by atoms with E-state index in [1.807, 2.05) is 0 Å². The predicted octanol–water partition coefficient (Wildman–Crippen LogP) is 2.10. The van der Waals surface area contributed by atoms with E-state index < -0.39 is 0 Å². The van der Waals surface area contributed by atoms with Crippen LogP contribution in [0.2, 0.25) is 0 Å². The summed E-state index contributed by atoms with van der Waals surface area (Å²) in [6.07, 6.45) is 5.31. The molecule has 3 nitrogen and oxygen atoms in total. The molecule has 0 spiro atoms. The lowest BCUT2D eigenvalue weighted by molar-refractivity contribution is 0.104. The monoisotopic (exact) mass is 213 g/mol. The van der Waals surface area contributed by atoms with E-state index in [9.17, 15) is 0 Å². The van der Waals surface area contributed by atoms with Crippen molar-refractivity contribution in [3.05, 3.63) is 0 Å². The number of nitrogens with one attached hydrogen (secondary N) is 2. The summed E-state index contributed by atoms with van der Waals surface area (Å²) >= 11 is 0. The van der Waals surface area contributed by atoms with Crippen molar-refractivity contribution < 1.29 is 0 Å². The maximum absolute atomic E-state index is 3.57. The Morgan fingerprint density at radius 1 is 1.40 bits per heavy atom. The molecule has 2 N–H and O–H groups in total. The Balaban J connectivity index is 2.23. The van der Waals surface area contributed by atoms with Gasteiger partial charge in [-0.05, 0) is 20.3 Å². The molecule has 15 heavy (non-hydrogen) atoms. The summed E-state index contributed by atoms with van der Waals surface area (Å²) in [4.78, 5) is 0. The van der Waals surface area contributed by atoms with Gasteiger partial charge in [-0.25, -0.2) is 10.4 Å². The van der Waals surface area contributed by atoms with Crippen LogP contribution in [0.15, 0.2) is 0 Å². The van der Waals surface area contributed by atoms with Gasteiger partial charge in [-0.3, -0.25) is 5.32 Å². The molecule has 0 aromatic rings. The minimum Gasteiger partial charge on any atom is -0.294 e. The van der Waals surface area contributed by atoms with Gasteiger partial charge in [0.15, 0.2) is 0 Å². The molecule has 90 valence electrons. The zero-order valence-corrected chi connectivity index (χ0v) is 10.8. The van der Waals surface area contributed by atoms with E-state index in [1.165, 1.54) is 25.7 Å². The fourth-order valence-electron chi connectivity index (χ4n) is 1.88. The van der Waals surface area contributed by atoms with E-state index in [1.54, 1.807) is 0 Å². The van der Waals surface area contributed by atoms with Gasteiger partial charge in [0, 0.05) is 19.1 Å². The van der Waals surface area contributed by atoms with E-state index in [4.69, 9.17) is 0 Å². The molecule has 1 aliphatic heterocycles. The minimum atomic E-state index is 0.176. The van der Waals surface area contributed by atoms with Gasteiger partial charge in [-0.2, -0.15) is 0 Å². The third kappa shape index (κ3) is 4.49. The largest absolute Gasteiger partial charge is 0.294 e. The lowest BCUT2D eigenvalue weighted by Crippen LogP contribution is -2.51. The molecular formula is C12H27N3. The first-order valence-electron chi connectivity index (χ1n) is 6.40. The zero-order valence-electron chi connectivity index (χ0n) is 10.8. The van der Waals surface area contributed by atoms with Crippen molar-refractivity contribution in [3.63, 3.8) is 0 Å². The van der Waals surface area contributed by atoms with Gasteiger partial charge in [0.2, 0.25) is 0 Å². The molecule has 0 radical (unpaired) electrons. The number of unbranched alkanes of at least 4 members (excludes halogenated alkanes) is 2. The molecule has 0 aromatic carbocycles. The van der Waals surface area contributed by atoms with Crippen LogP contribution >= 0.6 is 0 Å². The van der Waals surface area contributed by atoms with Crippen molar-refractivity contribution in [2.24, 2.45) is 0 Å². The van der Waals surface area contributed by atoms with Crippen LogP contribution in [0.1, 0.15) is 53.4 Å². The number of hydrogen-bond acceptors (Lipinski definition) is 3. The zero-order chi connectivity index (χ0) is 11.3. The molecule has 1 unspecified atom stereocenters. The van der Waals surface area contributed by atoms with E-state index in [-0.39, 0.29) is 5.66 Å². The second-order valence-corrected chi connectivity index (χ2v) is 4.93. The quantitative estimate of drug-likeness (QED) is 0.368. The van der Waals surface area contributed by atoms with Crippen molar-refractivity contribution in [2.75, 3.05) is 13.1 Å². The second-order valence-electron chi connectivity index (χ2n) is 4.93. The summed E-state index contributed by atoms with van der Waals surface area (Å²) < 4.78 is 0. The minimum absolute atomic E-state index is 0.176. The van der Waals surface area contributed by atoms with Crippen LogP contribution in [-0.4, -0.2) is 29.8 Å². The first-order chi connectivity index (χ1) is 7.11. The molecule has 0 amide bonds. The highest BCUT2D eigenvalue weighted by Crippen LogP contribution is 2.15. The van der Waals surface area contributed by atoms with Crippen LogP contribution in [0.5, 0.6) is 0 Å². The third-order valence-corrected chi connectivity index (χ3v) is 3.20. The van der Waals surface area contributed by atoms with Crippen LogP contribution in [0, 0.1) is 0 Å². The van der Waals surface area contributed by atoms with Crippen molar-refractivity contribution >= 4 is 0 Å². The highest BCUT2D eigenvalue weighted by Gasteiger charge is 2.38. The van der Waals surface area contributed by atoms with E-state index in [0.29, 0.717) is 6.04 Å². The molecular weight excluding hydrogens is 186 g/mol. The third-order valence-electron chi connectivity index (χ3n) is 3.20. The van der Waals surface area contributed by atoms with Gasteiger partial charge in [-0.1, -0.05) is 33.1 Å². The molecule has 0 aliphatic carbocycles. The van der Waals surface area contributed by atoms with Crippen molar-refractivity contribution in [2.45, 2.75) is 65.1 Å². The van der Waals surface area contributed by atoms with Gasteiger partial charge >= 0.3 is 0 Å². The van der Waals surface area contributed by atoms with Crippen LogP contribution < -0.4 is 10.7 Å². The summed E-state index contributed by atoms with van der Waals surface area (Å²) in [5.41, 5.74) is 3.74. The van der Waals surface area contributed by atoms with Crippen LogP contribution in [0.25, 0.3) is 0 Å².